The Hall–Kier alpha value is -0.630. The van der Waals surface area contributed by atoms with Crippen LogP contribution in [0.15, 0.2) is 0 Å². The fraction of sp³-hybridized carbons (Fsp3) is 0.929. The number of rotatable bonds is 4. The highest BCUT2D eigenvalue weighted by molar-refractivity contribution is 4.88. The van der Waals surface area contributed by atoms with Gasteiger partial charge >= 0.3 is 0 Å². The average molecular weight is 253 g/mol. The maximum absolute atomic E-state index is 8.88. The van der Waals surface area contributed by atoms with Crippen LogP contribution in [-0.4, -0.2) is 32.2 Å². The molecule has 1 saturated heterocycles. The second-order valence-electron chi connectivity index (χ2n) is 5.27. The third-order valence-corrected chi connectivity index (χ3v) is 3.79. The molecule has 1 aliphatic heterocycles. The number of nitrogens with zero attached hydrogens (tertiary/aromatic N) is 1. The molecule has 2 aliphatic rings. The minimum Gasteiger partial charge on any atom is -0.373 e. The first-order chi connectivity index (χ1) is 8.83. The minimum absolute atomic E-state index is 0.0777. The van der Waals surface area contributed by atoms with Gasteiger partial charge in [-0.3, -0.25) is 0 Å². The monoisotopic (exact) mass is 253 g/mol. The summed E-state index contributed by atoms with van der Waals surface area (Å²) in [6.45, 7) is 4.15. The van der Waals surface area contributed by atoms with Gasteiger partial charge in [0.25, 0.3) is 0 Å². The number of hydrogen-bond acceptors (Lipinski definition) is 4. The van der Waals surface area contributed by atoms with Gasteiger partial charge in [0, 0.05) is 18.4 Å². The Morgan fingerprint density at radius 3 is 2.39 bits per heavy atom. The molecular formula is C14H23NO3. The van der Waals surface area contributed by atoms with E-state index in [4.69, 9.17) is 19.5 Å². The van der Waals surface area contributed by atoms with E-state index in [1.165, 1.54) is 0 Å². The Labute approximate surface area is 109 Å². The summed E-state index contributed by atoms with van der Waals surface area (Å²) in [5, 5.41) is 8.88. The quantitative estimate of drug-likeness (QED) is 0.772. The van der Waals surface area contributed by atoms with Crippen LogP contribution >= 0.6 is 0 Å². The minimum atomic E-state index is -0.0777. The van der Waals surface area contributed by atoms with Crippen molar-refractivity contribution in [2.45, 2.75) is 51.4 Å². The third kappa shape index (κ3) is 3.68. The van der Waals surface area contributed by atoms with Crippen molar-refractivity contribution in [2.24, 2.45) is 11.8 Å². The molecule has 1 saturated carbocycles. The van der Waals surface area contributed by atoms with Crippen LogP contribution in [0.4, 0.5) is 0 Å². The molecular weight excluding hydrogens is 230 g/mol. The maximum Gasteiger partial charge on any atom is 0.160 e. The zero-order valence-electron chi connectivity index (χ0n) is 11.1. The molecule has 0 unspecified atom stereocenters. The number of ether oxygens (including phenoxy) is 3. The first kappa shape index (κ1) is 13.8. The topological polar surface area (TPSA) is 51.5 Å². The van der Waals surface area contributed by atoms with Crippen molar-refractivity contribution in [1.29, 1.82) is 5.26 Å². The van der Waals surface area contributed by atoms with Gasteiger partial charge in [0.1, 0.15) is 6.10 Å². The lowest BCUT2D eigenvalue weighted by Gasteiger charge is -2.36. The lowest BCUT2D eigenvalue weighted by molar-refractivity contribution is -0.249. The smallest absolute Gasteiger partial charge is 0.160 e. The summed E-state index contributed by atoms with van der Waals surface area (Å²) >= 11 is 0. The van der Waals surface area contributed by atoms with Crippen LogP contribution in [0.25, 0.3) is 0 Å². The first-order valence-corrected chi connectivity index (χ1v) is 7.08. The van der Waals surface area contributed by atoms with E-state index < -0.39 is 0 Å². The van der Waals surface area contributed by atoms with Gasteiger partial charge in [-0.1, -0.05) is 6.92 Å². The highest BCUT2D eigenvalue weighted by Gasteiger charge is 2.32. The van der Waals surface area contributed by atoms with Crippen molar-refractivity contribution in [3.8, 4) is 6.07 Å². The van der Waals surface area contributed by atoms with Crippen LogP contribution in [0.2, 0.25) is 0 Å². The molecule has 2 rings (SSSR count). The van der Waals surface area contributed by atoms with E-state index in [9.17, 15) is 0 Å². The molecule has 0 spiro atoms. The molecule has 0 atom stereocenters. The Morgan fingerprint density at radius 2 is 1.83 bits per heavy atom. The van der Waals surface area contributed by atoms with Crippen molar-refractivity contribution in [2.75, 3.05) is 19.8 Å². The molecule has 0 aromatic heterocycles. The molecule has 0 amide bonds. The molecule has 1 aliphatic carbocycles. The summed E-state index contributed by atoms with van der Waals surface area (Å²) in [5.41, 5.74) is 0. The van der Waals surface area contributed by atoms with Crippen LogP contribution < -0.4 is 0 Å². The Morgan fingerprint density at radius 1 is 1.17 bits per heavy atom. The molecule has 0 aromatic rings. The van der Waals surface area contributed by atoms with Gasteiger partial charge in [-0.2, -0.15) is 5.26 Å². The zero-order valence-corrected chi connectivity index (χ0v) is 11.1. The van der Waals surface area contributed by atoms with Crippen LogP contribution in [0.3, 0.4) is 0 Å². The van der Waals surface area contributed by atoms with Gasteiger partial charge in [0.2, 0.25) is 0 Å². The van der Waals surface area contributed by atoms with E-state index in [1.54, 1.807) is 0 Å². The van der Waals surface area contributed by atoms with Crippen LogP contribution in [-0.2, 0) is 14.2 Å². The number of nitriles is 1. The molecule has 1 heterocycles. The first-order valence-electron chi connectivity index (χ1n) is 7.08. The van der Waals surface area contributed by atoms with E-state index in [1.807, 2.05) is 0 Å². The van der Waals surface area contributed by atoms with Gasteiger partial charge in [0.15, 0.2) is 6.29 Å². The second-order valence-corrected chi connectivity index (χ2v) is 5.27. The fourth-order valence-corrected chi connectivity index (χ4v) is 2.67. The lowest BCUT2D eigenvalue weighted by Crippen LogP contribution is -2.42. The molecule has 18 heavy (non-hydrogen) atoms. The van der Waals surface area contributed by atoms with Crippen molar-refractivity contribution < 1.29 is 14.2 Å². The summed E-state index contributed by atoms with van der Waals surface area (Å²) in [7, 11) is 0. The van der Waals surface area contributed by atoms with Gasteiger partial charge in [-0.05, 0) is 32.1 Å². The third-order valence-electron chi connectivity index (χ3n) is 3.79. The van der Waals surface area contributed by atoms with Crippen molar-refractivity contribution in [3.63, 3.8) is 0 Å². The van der Waals surface area contributed by atoms with E-state index >= 15 is 0 Å². The normalized spacial score (nSPS) is 37.1. The average Bonchev–Trinajstić information content (AvgIpc) is 2.46. The molecule has 0 bridgehead atoms. The fourth-order valence-electron chi connectivity index (χ4n) is 2.67. The summed E-state index contributed by atoms with van der Waals surface area (Å²) in [6.07, 6.45) is 5.10. The van der Waals surface area contributed by atoms with Crippen molar-refractivity contribution in [3.05, 3.63) is 0 Å². The molecule has 0 radical (unpaired) electrons. The van der Waals surface area contributed by atoms with Crippen LogP contribution in [0, 0.1) is 23.2 Å². The molecule has 4 heteroatoms. The van der Waals surface area contributed by atoms with Crippen molar-refractivity contribution in [1.82, 2.24) is 0 Å². The molecule has 0 aromatic carbocycles. The Bertz CT molecular complexity index is 273. The largest absolute Gasteiger partial charge is 0.373 e. The second kappa shape index (κ2) is 7.08. The van der Waals surface area contributed by atoms with Crippen LogP contribution in [0.5, 0.6) is 0 Å². The van der Waals surface area contributed by atoms with Gasteiger partial charge in [-0.15, -0.1) is 0 Å². The Balaban J connectivity index is 1.69. The highest BCUT2D eigenvalue weighted by atomic mass is 16.7. The predicted molar refractivity (Wildman–Crippen MR) is 66.8 cm³/mol. The molecule has 0 N–H and O–H groups in total. The number of hydrogen-bond donors (Lipinski definition) is 0. The zero-order chi connectivity index (χ0) is 12.8. The summed E-state index contributed by atoms with van der Waals surface area (Å²) in [4.78, 5) is 0. The maximum atomic E-state index is 8.88. The van der Waals surface area contributed by atoms with Crippen LogP contribution in [0.1, 0.15) is 39.0 Å². The Kier molecular flexibility index (Phi) is 5.43. The van der Waals surface area contributed by atoms with E-state index in [-0.39, 0.29) is 18.3 Å². The van der Waals surface area contributed by atoms with Crippen molar-refractivity contribution >= 4 is 0 Å². The van der Waals surface area contributed by atoms with E-state index in [0.717, 1.165) is 38.7 Å². The van der Waals surface area contributed by atoms with E-state index in [2.05, 4.69) is 13.0 Å². The van der Waals surface area contributed by atoms with Gasteiger partial charge < -0.3 is 14.2 Å². The highest BCUT2D eigenvalue weighted by Crippen LogP contribution is 2.33. The molecule has 102 valence electrons. The SMILES string of the molecule is CCCO[C@H]1CO[C@H]([C@H]2CC[C@H](C#N)CC2)OC1. The summed E-state index contributed by atoms with van der Waals surface area (Å²) in [6, 6.07) is 2.36. The summed E-state index contributed by atoms with van der Waals surface area (Å²) in [5.74, 6) is 0.701. The lowest BCUT2D eigenvalue weighted by atomic mass is 9.82. The standard InChI is InChI=1S/C14H23NO3/c1-2-7-16-13-9-17-14(18-10-13)12-5-3-11(8-15)4-6-12/h11-14H,2-7,9-10H2,1H3/t11-,12-,13-,14-. The van der Waals surface area contributed by atoms with E-state index in [0.29, 0.717) is 19.1 Å². The van der Waals surface area contributed by atoms with Gasteiger partial charge in [0.05, 0.1) is 19.3 Å². The molecule has 2 fully saturated rings. The van der Waals surface area contributed by atoms with Gasteiger partial charge in [-0.25, -0.2) is 0 Å². The summed E-state index contributed by atoms with van der Waals surface area (Å²) < 4.78 is 17.1. The predicted octanol–water partition coefficient (Wildman–Crippen LogP) is 2.48. The molecule has 4 nitrogen and oxygen atoms in total.